The van der Waals surface area contributed by atoms with Gasteiger partial charge >= 0.3 is 0 Å². The second kappa shape index (κ2) is 3.54. The smallest absolute Gasteiger partial charge is 0.139 e. The van der Waals surface area contributed by atoms with Gasteiger partial charge in [0.25, 0.3) is 0 Å². The van der Waals surface area contributed by atoms with Gasteiger partial charge in [0.15, 0.2) is 0 Å². The van der Waals surface area contributed by atoms with Gasteiger partial charge in [-0.25, -0.2) is 9.97 Å². The van der Waals surface area contributed by atoms with Crippen molar-refractivity contribution in [3.05, 3.63) is 33.2 Å². The zero-order valence-electron chi connectivity index (χ0n) is 8.78. The molecule has 4 rings (SSSR count). The quantitative estimate of drug-likeness (QED) is 0.832. The lowest BCUT2D eigenvalue weighted by Gasteiger charge is -2.07. The van der Waals surface area contributed by atoms with Crippen LogP contribution in [0.1, 0.15) is 16.4 Å². The van der Waals surface area contributed by atoms with E-state index in [-0.39, 0.29) is 0 Å². The van der Waals surface area contributed by atoms with Gasteiger partial charge in [0.05, 0.1) is 0 Å². The molecule has 0 amide bonds. The van der Waals surface area contributed by atoms with Crippen LogP contribution in [0.2, 0.25) is 0 Å². The van der Waals surface area contributed by atoms with Crippen molar-refractivity contribution in [2.45, 2.75) is 6.42 Å². The molecule has 2 unspecified atom stereocenters. The van der Waals surface area contributed by atoms with Crippen molar-refractivity contribution in [3.63, 3.8) is 0 Å². The number of hydrogen-bond donors (Lipinski definition) is 0. The highest BCUT2D eigenvalue weighted by Crippen LogP contribution is 2.46. The van der Waals surface area contributed by atoms with E-state index < -0.39 is 0 Å². The highest BCUT2D eigenvalue weighted by Gasteiger charge is 2.49. The Bertz CT molecular complexity index is 543. The van der Waals surface area contributed by atoms with Gasteiger partial charge in [-0.15, -0.1) is 22.7 Å². The number of fused-ring (bicyclic) bond motifs is 1. The van der Waals surface area contributed by atoms with Crippen molar-refractivity contribution in [2.75, 3.05) is 0 Å². The van der Waals surface area contributed by atoms with Crippen molar-refractivity contribution in [2.24, 2.45) is 22.0 Å². The Hall–Kier alpha value is -1.40. The standard InChI is InChI=1S/C11H8N4S2/c1-3-16-10(12-1)8-6-5-7(6)9(15-14-8)11-13-2-4-17-11/h1-4,6-7H,5H2. The van der Waals surface area contributed by atoms with Crippen LogP contribution < -0.4 is 0 Å². The maximum absolute atomic E-state index is 4.35. The van der Waals surface area contributed by atoms with E-state index in [4.69, 9.17) is 0 Å². The Morgan fingerprint density at radius 1 is 0.882 bits per heavy atom. The predicted molar refractivity (Wildman–Crippen MR) is 68.9 cm³/mol. The molecule has 2 atom stereocenters. The second-order valence-electron chi connectivity index (χ2n) is 4.09. The van der Waals surface area contributed by atoms with Crippen molar-refractivity contribution < 1.29 is 0 Å². The first-order valence-corrected chi connectivity index (χ1v) is 7.14. The van der Waals surface area contributed by atoms with E-state index in [9.17, 15) is 0 Å². The van der Waals surface area contributed by atoms with Crippen LogP contribution in [0.15, 0.2) is 33.4 Å². The minimum Gasteiger partial charge on any atom is -0.243 e. The first kappa shape index (κ1) is 9.61. The molecular weight excluding hydrogens is 252 g/mol. The Kier molecular flexibility index (Phi) is 2.00. The highest BCUT2D eigenvalue weighted by molar-refractivity contribution is 7.12. The van der Waals surface area contributed by atoms with E-state index in [2.05, 4.69) is 20.2 Å². The first-order valence-electron chi connectivity index (χ1n) is 5.38. The lowest BCUT2D eigenvalue weighted by atomic mass is 10.1. The van der Waals surface area contributed by atoms with Crippen LogP contribution in [-0.2, 0) is 0 Å². The van der Waals surface area contributed by atoms with Gasteiger partial charge in [-0.3, -0.25) is 0 Å². The van der Waals surface area contributed by atoms with Crippen molar-refractivity contribution in [1.82, 2.24) is 9.97 Å². The number of nitrogens with zero attached hydrogens (tertiary/aromatic N) is 4. The van der Waals surface area contributed by atoms with Gasteiger partial charge < -0.3 is 0 Å². The number of thiazole rings is 2. The average molecular weight is 260 g/mol. The molecule has 2 aromatic heterocycles. The molecule has 4 nitrogen and oxygen atoms in total. The molecule has 1 saturated carbocycles. The summed E-state index contributed by atoms with van der Waals surface area (Å²) in [4.78, 5) is 8.62. The van der Waals surface area contributed by atoms with Crippen LogP contribution in [0.25, 0.3) is 0 Å². The predicted octanol–water partition coefficient (Wildman–Crippen LogP) is 2.44. The summed E-state index contributed by atoms with van der Waals surface area (Å²) in [5, 5.41) is 14.7. The van der Waals surface area contributed by atoms with Gasteiger partial charge in [0.2, 0.25) is 0 Å². The molecule has 0 saturated heterocycles. The minimum absolute atomic E-state index is 0.512. The summed E-state index contributed by atoms with van der Waals surface area (Å²) in [7, 11) is 0. The van der Waals surface area contributed by atoms with Crippen molar-refractivity contribution in [3.8, 4) is 0 Å². The Morgan fingerprint density at radius 3 is 1.82 bits per heavy atom. The zero-order chi connectivity index (χ0) is 11.2. The highest BCUT2D eigenvalue weighted by atomic mass is 32.1. The fourth-order valence-electron chi connectivity index (χ4n) is 2.16. The second-order valence-corrected chi connectivity index (χ2v) is 5.88. The Morgan fingerprint density at radius 2 is 1.41 bits per heavy atom. The summed E-state index contributed by atoms with van der Waals surface area (Å²) >= 11 is 3.27. The van der Waals surface area contributed by atoms with E-state index >= 15 is 0 Å². The van der Waals surface area contributed by atoms with E-state index in [0.29, 0.717) is 11.8 Å². The molecule has 0 radical (unpaired) electrons. The lowest BCUT2D eigenvalue weighted by molar-refractivity contribution is 0.993. The molecule has 1 aliphatic heterocycles. The fourth-order valence-corrected chi connectivity index (χ4v) is 3.53. The Balaban J connectivity index is 1.75. The zero-order valence-corrected chi connectivity index (χ0v) is 10.4. The van der Waals surface area contributed by atoms with Crippen LogP contribution in [0.3, 0.4) is 0 Å². The van der Waals surface area contributed by atoms with Crippen LogP contribution in [0.5, 0.6) is 0 Å². The molecule has 0 spiro atoms. The normalized spacial score (nSPS) is 26.1. The third-order valence-corrected chi connectivity index (χ3v) is 4.65. The van der Waals surface area contributed by atoms with Crippen LogP contribution in [-0.4, -0.2) is 21.4 Å². The van der Waals surface area contributed by atoms with Crippen molar-refractivity contribution in [1.29, 1.82) is 0 Å². The molecule has 0 N–H and O–H groups in total. The maximum Gasteiger partial charge on any atom is 0.139 e. The summed E-state index contributed by atoms with van der Waals surface area (Å²) in [6, 6.07) is 0. The molecule has 0 aromatic carbocycles. The molecule has 1 fully saturated rings. The molecule has 2 aromatic rings. The summed E-state index contributed by atoms with van der Waals surface area (Å²) in [5.74, 6) is 1.02. The van der Waals surface area contributed by atoms with Crippen molar-refractivity contribution >= 4 is 34.1 Å². The molecule has 0 bridgehead atoms. The third-order valence-electron chi connectivity index (χ3n) is 3.06. The first-order chi connectivity index (χ1) is 8.43. The summed E-state index contributed by atoms with van der Waals surface area (Å²) < 4.78 is 0. The average Bonchev–Trinajstić information content (AvgIpc) is 2.84. The van der Waals surface area contributed by atoms with Crippen LogP contribution in [0.4, 0.5) is 0 Å². The molecular formula is C11H8N4S2. The maximum atomic E-state index is 4.35. The minimum atomic E-state index is 0.512. The SMILES string of the molecule is c1csc(C2=NN=C(c3nccs3)C3CC23)n1. The van der Waals surface area contributed by atoms with Gasteiger partial charge in [0.1, 0.15) is 21.4 Å². The Labute approximate surface area is 106 Å². The van der Waals surface area contributed by atoms with E-state index in [0.717, 1.165) is 27.9 Å². The van der Waals surface area contributed by atoms with Crippen LogP contribution >= 0.6 is 22.7 Å². The molecule has 3 heterocycles. The van der Waals surface area contributed by atoms with E-state index in [1.807, 2.05) is 23.2 Å². The van der Waals surface area contributed by atoms with E-state index in [1.165, 1.54) is 0 Å². The number of aromatic nitrogens is 2. The summed E-state index contributed by atoms with van der Waals surface area (Å²) in [6.07, 6.45) is 4.77. The molecule has 6 heteroatoms. The molecule has 2 aliphatic rings. The van der Waals surface area contributed by atoms with Gasteiger partial charge in [-0.1, -0.05) is 0 Å². The lowest BCUT2D eigenvalue weighted by Crippen LogP contribution is -2.15. The van der Waals surface area contributed by atoms with E-state index in [1.54, 1.807) is 22.7 Å². The third kappa shape index (κ3) is 1.48. The van der Waals surface area contributed by atoms with Crippen LogP contribution in [0, 0.1) is 11.8 Å². The van der Waals surface area contributed by atoms with Gasteiger partial charge in [-0.2, -0.15) is 10.2 Å². The molecule has 1 aliphatic carbocycles. The van der Waals surface area contributed by atoms with Gasteiger partial charge in [-0.05, 0) is 6.42 Å². The molecule has 84 valence electrons. The fraction of sp³-hybridized carbons (Fsp3) is 0.273. The largest absolute Gasteiger partial charge is 0.243 e. The molecule has 17 heavy (non-hydrogen) atoms. The number of hydrogen-bond acceptors (Lipinski definition) is 6. The summed E-state index contributed by atoms with van der Waals surface area (Å²) in [6.45, 7) is 0. The topological polar surface area (TPSA) is 50.5 Å². The monoisotopic (exact) mass is 260 g/mol. The van der Waals surface area contributed by atoms with Gasteiger partial charge in [0, 0.05) is 35.0 Å². The summed E-state index contributed by atoms with van der Waals surface area (Å²) in [5.41, 5.74) is 2.12. The number of rotatable bonds is 2.